The van der Waals surface area contributed by atoms with Crippen LogP contribution in [0.25, 0.3) is 0 Å². The SMILES string of the molecule is Cc1ccccc1C(O)CN(C)C(CCO)c1ccccc1. The van der Waals surface area contributed by atoms with Crippen molar-refractivity contribution in [2.75, 3.05) is 20.2 Å². The Bertz CT molecular complexity index is 571. The van der Waals surface area contributed by atoms with E-state index in [1.165, 1.54) is 0 Å². The van der Waals surface area contributed by atoms with E-state index in [9.17, 15) is 10.2 Å². The number of hydrogen-bond acceptors (Lipinski definition) is 3. The van der Waals surface area contributed by atoms with Gasteiger partial charge in [0, 0.05) is 19.2 Å². The molecular formula is C19H25NO2. The molecule has 0 aromatic heterocycles. The standard InChI is InChI=1S/C19H25NO2/c1-15-8-6-7-11-17(15)19(22)14-20(2)18(12-13-21)16-9-4-3-5-10-16/h3-11,18-19,21-22H,12-14H2,1-2H3. The zero-order valence-corrected chi connectivity index (χ0v) is 13.3. The van der Waals surface area contributed by atoms with Gasteiger partial charge in [-0.1, -0.05) is 54.6 Å². The van der Waals surface area contributed by atoms with Crippen molar-refractivity contribution in [3.05, 3.63) is 71.3 Å². The van der Waals surface area contributed by atoms with Crippen LogP contribution in [-0.2, 0) is 0 Å². The molecule has 0 saturated carbocycles. The van der Waals surface area contributed by atoms with Crippen molar-refractivity contribution < 1.29 is 10.2 Å². The summed E-state index contributed by atoms with van der Waals surface area (Å²) in [6.45, 7) is 2.68. The molecule has 2 aromatic rings. The number of aliphatic hydroxyl groups excluding tert-OH is 2. The molecule has 0 aliphatic heterocycles. The fourth-order valence-corrected chi connectivity index (χ4v) is 2.90. The van der Waals surface area contributed by atoms with Crippen LogP contribution in [0.15, 0.2) is 54.6 Å². The number of likely N-dealkylation sites (N-methyl/N-ethyl adjacent to an activating group) is 1. The second-order valence-electron chi connectivity index (χ2n) is 5.75. The number of nitrogens with zero attached hydrogens (tertiary/aromatic N) is 1. The molecule has 0 radical (unpaired) electrons. The summed E-state index contributed by atoms with van der Waals surface area (Å²) in [6.07, 6.45) is 0.122. The highest BCUT2D eigenvalue weighted by Gasteiger charge is 2.20. The summed E-state index contributed by atoms with van der Waals surface area (Å²) in [5.74, 6) is 0. The average Bonchev–Trinajstić information content (AvgIpc) is 2.53. The molecule has 2 unspecified atom stereocenters. The van der Waals surface area contributed by atoms with E-state index in [1.807, 2.05) is 56.4 Å². The molecule has 0 fully saturated rings. The third-order valence-electron chi connectivity index (χ3n) is 4.13. The van der Waals surface area contributed by atoms with Crippen LogP contribution in [0.2, 0.25) is 0 Å². The van der Waals surface area contributed by atoms with Gasteiger partial charge in [0.2, 0.25) is 0 Å². The van der Waals surface area contributed by atoms with E-state index >= 15 is 0 Å². The van der Waals surface area contributed by atoms with Gasteiger partial charge in [0.1, 0.15) is 0 Å². The summed E-state index contributed by atoms with van der Waals surface area (Å²) >= 11 is 0. The van der Waals surface area contributed by atoms with Crippen LogP contribution in [0.4, 0.5) is 0 Å². The quantitative estimate of drug-likeness (QED) is 0.826. The first-order chi connectivity index (χ1) is 10.6. The van der Waals surface area contributed by atoms with Crippen molar-refractivity contribution in [1.82, 2.24) is 4.90 Å². The monoisotopic (exact) mass is 299 g/mol. The predicted octanol–water partition coefficient (Wildman–Crippen LogP) is 3.08. The lowest BCUT2D eigenvalue weighted by Gasteiger charge is -2.30. The smallest absolute Gasteiger partial charge is 0.0919 e. The molecule has 22 heavy (non-hydrogen) atoms. The number of aryl methyl sites for hydroxylation is 1. The second kappa shape index (κ2) is 8.08. The first-order valence-corrected chi connectivity index (χ1v) is 7.73. The largest absolute Gasteiger partial charge is 0.396 e. The van der Waals surface area contributed by atoms with E-state index in [0.717, 1.165) is 16.7 Å². The van der Waals surface area contributed by atoms with Gasteiger partial charge in [-0.2, -0.15) is 0 Å². The van der Waals surface area contributed by atoms with E-state index in [1.54, 1.807) is 0 Å². The topological polar surface area (TPSA) is 43.7 Å². The number of hydrogen-bond donors (Lipinski definition) is 2. The lowest BCUT2D eigenvalue weighted by atomic mass is 10.00. The fourth-order valence-electron chi connectivity index (χ4n) is 2.90. The summed E-state index contributed by atoms with van der Waals surface area (Å²) in [5, 5.41) is 19.9. The van der Waals surface area contributed by atoms with Gasteiger partial charge >= 0.3 is 0 Å². The summed E-state index contributed by atoms with van der Waals surface area (Å²) in [4.78, 5) is 2.11. The Morgan fingerprint density at radius 3 is 2.27 bits per heavy atom. The molecule has 2 rings (SSSR count). The number of benzene rings is 2. The Morgan fingerprint density at radius 1 is 1.00 bits per heavy atom. The molecule has 0 amide bonds. The Kier molecular flexibility index (Phi) is 6.13. The van der Waals surface area contributed by atoms with Crippen molar-refractivity contribution in [1.29, 1.82) is 0 Å². The molecule has 0 bridgehead atoms. The third-order valence-corrected chi connectivity index (χ3v) is 4.13. The normalized spacial score (nSPS) is 14.0. The second-order valence-corrected chi connectivity index (χ2v) is 5.75. The molecule has 118 valence electrons. The predicted molar refractivity (Wildman–Crippen MR) is 89.7 cm³/mol. The number of rotatable bonds is 7. The summed E-state index contributed by atoms with van der Waals surface area (Å²) in [6, 6.07) is 18.1. The van der Waals surface area contributed by atoms with Crippen LogP contribution in [-0.4, -0.2) is 35.3 Å². The van der Waals surface area contributed by atoms with Crippen LogP contribution < -0.4 is 0 Å². The molecule has 2 N–H and O–H groups in total. The molecule has 0 saturated heterocycles. The van der Waals surface area contributed by atoms with Gasteiger partial charge in [0.25, 0.3) is 0 Å². The van der Waals surface area contributed by atoms with Gasteiger partial charge in [-0.25, -0.2) is 0 Å². The molecule has 2 atom stereocenters. The molecule has 0 aliphatic rings. The maximum atomic E-state index is 10.5. The molecule has 3 heteroatoms. The highest BCUT2D eigenvalue weighted by Crippen LogP contribution is 2.26. The van der Waals surface area contributed by atoms with Gasteiger partial charge in [-0.15, -0.1) is 0 Å². The van der Waals surface area contributed by atoms with Gasteiger partial charge in [0.15, 0.2) is 0 Å². The van der Waals surface area contributed by atoms with Crippen molar-refractivity contribution >= 4 is 0 Å². The zero-order chi connectivity index (χ0) is 15.9. The fraction of sp³-hybridized carbons (Fsp3) is 0.368. The summed E-state index contributed by atoms with van der Waals surface area (Å²) < 4.78 is 0. The first-order valence-electron chi connectivity index (χ1n) is 7.73. The highest BCUT2D eigenvalue weighted by atomic mass is 16.3. The zero-order valence-electron chi connectivity index (χ0n) is 13.3. The van der Waals surface area contributed by atoms with Crippen LogP contribution >= 0.6 is 0 Å². The minimum Gasteiger partial charge on any atom is -0.396 e. The molecule has 0 spiro atoms. The van der Waals surface area contributed by atoms with Gasteiger partial charge in [0.05, 0.1) is 6.10 Å². The van der Waals surface area contributed by atoms with Gasteiger partial charge < -0.3 is 10.2 Å². The van der Waals surface area contributed by atoms with Crippen molar-refractivity contribution in [2.45, 2.75) is 25.5 Å². The van der Waals surface area contributed by atoms with E-state index < -0.39 is 6.10 Å². The lowest BCUT2D eigenvalue weighted by molar-refractivity contribution is 0.0934. The Labute approximate surface area is 132 Å². The average molecular weight is 299 g/mol. The van der Waals surface area contributed by atoms with E-state index in [4.69, 9.17) is 0 Å². The Balaban J connectivity index is 2.11. The van der Waals surface area contributed by atoms with Crippen LogP contribution in [0.1, 0.15) is 35.3 Å². The first kappa shape index (κ1) is 16.7. The van der Waals surface area contributed by atoms with Crippen LogP contribution in [0, 0.1) is 6.92 Å². The molecule has 0 aliphatic carbocycles. The maximum absolute atomic E-state index is 10.5. The van der Waals surface area contributed by atoms with Crippen LogP contribution in [0.5, 0.6) is 0 Å². The Hall–Kier alpha value is -1.68. The van der Waals surface area contributed by atoms with Crippen molar-refractivity contribution in [3.63, 3.8) is 0 Å². The number of aliphatic hydroxyl groups is 2. The van der Waals surface area contributed by atoms with E-state index in [0.29, 0.717) is 13.0 Å². The molecule has 3 nitrogen and oxygen atoms in total. The molecular weight excluding hydrogens is 274 g/mol. The van der Waals surface area contributed by atoms with Crippen molar-refractivity contribution in [2.24, 2.45) is 0 Å². The van der Waals surface area contributed by atoms with Crippen LogP contribution in [0.3, 0.4) is 0 Å². The van der Waals surface area contributed by atoms with Gasteiger partial charge in [-0.3, -0.25) is 4.90 Å². The Morgan fingerprint density at radius 2 is 1.64 bits per heavy atom. The third kappa shape index (κ3) is 4.17. The maximum Gasteiger partial charge on any atom is 0.0919 e. The summed E-state index contributed by atoms with van der Waals surface area (Å²) in [7, 11) is 1.99. The highest BCUT2D eigenvalue weighted by molar-refractivity contribution is 5.28. The lowest BCUT2D eigenvalue weighted by Crippen LogP contribution is -2.30. The minimum atomic E-state index is -0.531. The van der Waals surface area contributed by atoms with Crippen molar-refractivity contribution in [3.8, 4) is 0 Å². The minimum absolute atomic E-state index is 0.102. The van der Waals surface area contributed by atoms with E-state index in [2.05, 4.69) is 17.0 Å². The summed E-state index contributed by atoms with van der Waals surface area (Å²) in [5.41, 5.74) is 3.23. The molecule has 0 heterocycles. The van der Waals surface area contributed by atoms with E-state index in [-0.39, 0.29) is 12.6 Å². The molecule has 2 aromatic carbocycles. The van der Waals surface area contributed by atoms with Gasteiger partial charge in [-0.05, 0) is 37.1 Å².